The molecule has 2 aromatic rings. The molecule has 90 valence electrons. The number of fused-ring (bicyclic) bond motifs is 3. The molecule has 0 radical (unpaired) electrons. The van der Waals surface area contributed by atoms with E-state index < -0.39 is 0 Å². The Bertz CT molecular complexity index is 562. The van der Waals surface area contributed by atoms with E-state index in [1.807, 2.05) is 6.07 Å². The minimum Gasteiger partial charge on any atom is -0.442 e. The van der Waals surface area contributed by atoms with Crippen LogP contribution in [-0.2, 0) is 12.8 Å². The summed E-state index contributed by atoms with van der Waals surface area (Å²) in [6.45, 7) is 0. The molecule has 0 amide bonds. The second-order valence-electron chi connectivity index (χ2n) is 4.85. The number of pyridine rings is 1. The van der Waals surface area contributed by atoms with Crippen LogP contribution in [0.4, 0.5) is 0 Å². The van der Waals surface area contributed by atoms with E-state index >= 15 is 0 Å². The Kier molecular flexibility index (Phi) is 2.71. The van der Waals surface area contributed by atoms with E-state index in [0.717, 1.165) is 28.9 Å². The maximum atomic E-state index is 5.84. The zero-order chi connectivity index (χ0) is 12.0. The molecule has 0 spiro atoms. The third-order valence-corrected chi connectivity index (χ3v) is 4.02. The molecular formula is C13H15BrN2O. The Balaban J connectivity index is 2.09. The van der Waals surface area contributed by atoms with Crippen LogP contribution >= 0.6 is 15.9 Å². The fraction of sp³-hybridized carbons (Fsp3) is 0.462. The molecule has 0 N–H and O–H groups in total. The van der Waals surface area contributed by atoms with E-state index in [1.165, 1.54) is 17.4 Å². The predicted molar refractivity (Wildman–Crippen MR) is 71.2 cm³/mol. The van der Waals surface area contributed by atoms with Crippen LogP contribution in [0.5, 0.6) is 0 Å². The number of furan rings is 1. The van der Waals surface area contributed by atoms with Gasteiger partial charge in [0.15, 0.2) is 0 Å². The van der Waals surface area contributed by atoms with Gasteiger partial charge in [0.2, 0.25) is 5.71 Å². The summed E-state index contributed by atoms with van der Waals surface area (Å²) < 4.78 is 6.67. The molecule has 0 aromatic carbocycles. The number of aryl methyl sites for hydroxylation is 1. The number of hydrogen-bond donors (Lipinski definition) is 0. The molecule has 17 heavy (non-hydrogen) atoms. The Morgan fingerprint density at radius 2 is 2.24 bits per heavy atom. The quantitative estimate of drug-likeness (QED) is 0.757. The number of rotatable bonds is 1. The average Bonchev–Trinajstić information content (AvgIpc) is 2.64. The minimum absolute atomic E-state index is 0.618. The zero-order valence-corrected chi connectivity index (χ0v) is 11.6. The van der Waals surface area contributed by atoms with Crippen LogP contribution in [0.2, 0.25) is 0 Å². The fourth-order valence-electron chi connectivity index (χ4n) is 2.56. The van der Waals surface area contributed by atoms with E-state index in [2.05, 4.69) is 46.0 Å². The van der Waals surface area contributed by atoms with Gasteiger partial charge in [0.25, 0.3) is 0 Å². The van der Waals surface area contributed by atoms with Crippen molar-refractivity contribution < 1.29 is 4.42 Å². The molecular weight excluding hydrogens is 280 g/mol. The highest BCUT2D eigenvalue weighted by Crippen LogP contribution is 2.32. The van der Waals surface area contributed by atoms with Gasteiger partial charge in [-0.2, -0.15) is 0 Å². The lowest BCUT2D eigenvalue weighted by molar-refractivity contribution is 0.260. The van der Waals surface area contributed by atoms with E-state index in [0.29, 0.717) is 6.04 Å². The number of halogens is 1. The maximum absolute atomic E-state index is 5.84. The molecule has 1 aliphatic carbocycles. The van der Waals surface area contributed by atoms with Crippen LogP contribution in [-0.4, -0.2) is 30.0 Å². The second-order valence-corrected chi connectivity index (χ2v) is 5.66. The van der Waals surface area contributed by atoms with Crippen molar-refractivity contribution in [3.63, 3.8) is 0 Å². The summed E-state index contributed by atoms with van der Waals surface area (Å²) in [5.41, 5.74) is 2.12. The molecule has 0 fully saturated rings. The molecule has 2 heterocycles. The summed E-state index contributed by atoms with van der Waals surface area (Å²) in [5.74, 6) is 1.13. The number of aromatic nitrogens is 1. The Morgan fingerprint density at radius 1 is 1.41 bits per heavy atom. The lowest BCUT2D eigenvalue weighted by Crippen LogP contribution is -2.33. The Hall–Kier alpha value is -0.870. The summed E-state index contributed by atoms with van der Waals surface area (Å²) in [6.07, 6.45) is 3.26. The van der Waals surface area contributed by atoms with Crippen molar-refractivity contribution in [1.82, 2.24) is 9.88 Å². The molecule has 3 nitrogen and oxygen atoms in total. The Morgan fingerprint density at radius 3 is 3.00 bits per heavy atom. The summed E-state index contributed by atoms with van der Waals surface area (Å²) >= 11 is 3.38. The summed E-state index contributed by atoms with van der Waals surface area (Å²) in [7, 11) is 4.29. The van der Waals surface area contributed by atoms with Crippen molar-refractivity contribution in [3.05, 3.63) is 28.1 Å². The number of hydrogen-bond acceptors (Lipinski definition) is 3. The molecule has 0 bridgehead atoms. The van der Waals surface area contributed by atoms with Crippen molar-refractivity contribution in [3.8, 4) is 0 Å². The van der Waals surface area contributed by atoms with Crippen molar-refractivity contribution in [1.29, 1.82) is 0 Å². The molecule has 0 unspecified atom stereocenters. The first-order valence-electron chi connectivity index (χ1n) is 5.88. The van der Waals surface area contributed by atoms with Gasteiger partial charge < -0.3 is 9.32 Å². The van der Waals surface area contributed by atoms with Crippen molar-refractivity contribution in [2.75, 3.05) is 14.1 Å². The fourth-order valence-corrected chi connectivity index (χ4v) is 2.85. The van der Waals surface area contributed by atoms with Crippen molar-refractivity contribution in [2.45, 2.75) is 25.3 Å². The average molecular weight is 295 g/mol. The third kappa shape index (κ3) is 1.89. The number of nitrogens with zero attached hydrogens (tertiary/aromatic N) is 2. The Labute approximate surface area is 109 Å². The second kappa shape index (κ2) is 4.10. The first-order valence-corrected chi connectivity index (χ1v) is 6.67. The van der Waals surface area contributed by atoms with Crippen LogP contribution in [0.25, 0.3) is 11.1 Å². The van der Waals surface area contributed by atoms with Crippen molar-refractivity contribution >= 4 is 27.0 Å². The molecule has 2 aromatic heterocycles. The topological polar surface area (TPSA) is 29.3 Å². The first kappa shape index (κ1) is 11.2. The molecule has 4 heteroatoms. The van der Waals surface area contributed by atoms with Gasteiger partial charge >= 0.3 is 0 Å². The highest BCUT2D eigenvalue weighted by molar-refractivity contribution is 9.10. The van der Waals surface area contributed by atoms with E-state index in [9.17, 15) is 0 Å². The standard InChI is InChI=1S/C13H15BrN2O/c1-16(2)8-3-5-11-10(7-8)9-4-6-12(14)15-13(9)17-11/h4,6,8H,3,5,7H2,1-2H3/t8-/m1/s1. The highest BCUT2D eigenvalue weighted by atomic mass is 79.9. The van der Waals surface area contributed by atoms with Gasteiger partial charge in [-0.05, 0) is 55.0 Å². The molecule has 0 saturated carbocycles. The van der Waals surface area contributed by atoms with Gasteiger partial charge in [0.05, 0.1) is 0 Å². The van der Waals surface area contributed by atoms with Gasteiger partial charge in [0, 0.05) is 23.4 Å². The largest absolute Gasteiger partial charge is 0.442 e. The van der Waals surface area contributed by atoms with Gasteiger partial charge in [-0.25, -0.2) is 4.98 Å². The summed E-state index contributed by atoms with van der Waals surface area (Å²) in [4.78, 5) is 6.69. The van der Waals surface area contributed by atoms with Gasteiger partial charge in [-0.1, -0.05) is 0 Å². The molecule has 0 aliphatic heterocycles. The van der Waals surface area contributed by atoms with Gasteiger partial charge in [0.1, 0.15) is 10.4 Å². The van der Waals surface area contributed by atoms with Crippen molar-refractivity contribution in [2.24, 2.45) is 0 Å². The smallest absolute Gasteiger partial charge is 0.227 e. The molecule has 1 aliphatic rings. The van der Waals surface area contributed by atoms with Gasteiger partial charge in [-0.3, -0.25) is 0 Å². The number of likely N-dealkylation sites (N-methyl/N-ethyl adjacent to an activating group) is 1. The normalized spacial score (nSPS) is 19.9. The first-order chi connectivity index (χ1) is 8.15. The van der Waals surface area contributed by atoms with Gasteiger partial charge in [-0.15, -0.1) is 0 Å². The lowest BCUT2D eigenvalue weighted by Gasteiger charge is -2.27. The zero-order valence-electron chi connectivity index (χ0n) is 10.0. The van der Waals surface area contributed by atoms with Crippen LogP contribution in [0.3, 0.4) is 0 Å². The predicted octanol–water partition coefficient (Wildman–Crippen LogP) is 3.01. The summed E-state index contributed by atoms with van der Waals surface area (Å²) in [5, 5.41) is 1.18. The molecule has 0 saturated heterocycles. The molecule has 1 atom stereocenters. The van der Waals surface area contributed by atoms with E-state index in [-0.39, 0.29) is 0 Å². The van der Waals surface area contributed by atoms with E-state index in [1.54, 1.807) is 0 Å². The monoisotopic (exact) mass is 294 g/mol. The SMILES string of the molecule is CN(C)[C@@H]1CCc2oc3nc(Br)ccc3c2C1. The van der Waals surface area contributed by atoms with E-state index in [4.69, 9.17) is 4.42 Å². The summed E-state index contributed by atoms with van der Waals surface area (Å²) in [6, 6.07) is 4.71. The van der Waals surface area contributed by atoms with Crippen LogP contribution < -0.4 is 0 Å². The minimum atomic E-state index is 0.618. The van der Waals surface area contributed by atoms with Crippen LogP contribution in [0.15, 0.2) is 21.2 Å². The third-order valence-electron chi connectivity index (χ3n) is 3.58. The maximum Gasteiger partial charge on any atom is 0.227 e. The lowest BCUT2D eigenvalue weighted by atomic mass is 9.91. The molecule has 3 rings (SSSR count). The highest BCUT2D eigenvalue weighted by Gasteiger charge is 2.25. The van der Waals surface area contributed by atoms with Crippen LogP contribution in [0, 0.1) is 0 Å². The van der Waals surface area contributed by atoms with Crippen LogP contribution in [0.1, 0.15) is 17.7 Å².